The van der Waals surface area contributed by atoms with Crippen LogP contribution in [0.2, 0.25) is 0 Å². The van der Waals surface area contributed by atoms with E-state index in [1.807, 2.05) is 6.07 Å². The van der Waals surface area contributed by atoms with Crippen molar-refractivity contribution in [1.82, 2.24) is 9.97 Å². The van der Waals surface area contributed by atoms with E-state index in [-0.39, 0.29) is 22.8 Å². The number of nitro groups is 2. The number of benzene rings is 2. The minimum absolute atomic E-state index is 0.146. The number of nitrogens with one attached hydrogen (secondary N) is 1. The first-order chi connectivity index (χ1) is 14.3. The molecule has 0 unspecified atom stereocenters. The first-order valence-electron chi connectivity index (χ1n) is 8.13. The van der Waals surface area contributed by atoms with E-state index in [2.05, 4.69) is 9.97 Å². The zero-order valence-electron chi connectivity index (χ0n) is 15.2. The zero-order valence-corrected chi connectivity index (χ0v) is 16.0. The van der Waals surface area contributed by atoms with Gasteiger partial charge < -0.3 is 9.72 Å². The number of nitriles is 1. The Morgan fingerprint density at radius 2 is 1.83 bits per heavy atom. The second-order valence-corrected chi connectivity index (χ2v) is 6.50. The minimum Gasteiger partial charge on any atom is -0.450 e. The standard InChI is InChI=1S/C18H11N5O6S/c1-30-18-20-16(13(9-19)17(24)21-18)10-2-5-12(6-3-10)29-15-7-4-11(22(25)26)8-14(15)23(27)28/h2-8H,1H3,(H,20,21,24). The first-order valence-corrected chi connectivity index (χ1v) is 9.36. The molecule has 0 bridgehead atoms. The van der Waals surface area contributed by atoms with Crippen molar-refractivity contribution in [2.45, 2.75) is 5.16 Å². The van der Waals surface area contributed by atoms with Gasteiger partial charge in [0.1, 0.15) is 17.4 Å². The Kier molecular flexibility index (Phi) is 5.75. The Labute approximate surface area is 172 Å². The van der Waals surface area contributed by atoms with Gasteiger partial charge in [-0.3, -0.25) is 25.0 Å². The van der Waals surface area contributed by atoms with Crippen molar-refractivity contribution in [1.29, 1.82) is 5.26 Å². The Morgan fingerprint density at radius 3 is 2.40 bits per heavy atom. The fourth-order valence-electron chi connectivity index (χ4n) is 2.52. The quantitative estimate of drug-likeness (QED) is 0.268. The molecule has 3 aromatic rings. The lowest BCUT2D eigenvalue weighted by molar-refractivity contribution is -0.394. The second-order valence-electron chi connectivity index (χ2n) is 5.70. The molecule has 1 heterocycles. The molecule has 0 aliphatic rings. The van der Waals surface area contributed by atoms with Crippen LogP contribution >= 0.6 is 11.8 Å². The fraction of sp³-hybridized carbons (Fsp3) is 0.0556. The van der Waals surface area contributed by atoms with Gasteiger partial charge in [0.2, 0.25) is 5.75 Å². The van der Waals surface area contributed by atoms with Crippen LogP contribution < -0.4 is 10.3 Å². The van der Waals surface area contributed by atoms with E-state index in [1.54, 1.807) is 18.4 Å². The van der Waals surface area contributed by atoms with Gasteiger partial charge in [0, 0.05) is 11.6 Å². The summed E-state index contributed by atoms with van der Waals surface area (Å²) < 4.78 is 5.50. The summed E-state index contributed by atoms with van der Waals surface area (Å²) >= 11 is 1.21. The molecule has 0 atom stereocenters. The van der Waals surface area contributed by atoms with Gasteiger partial charge in [0.25, 0.3) is 11.2 Å². The number of aromatic amines is 1. The van der Waals surface area contributed by atoms with E-state index in [4.69, 9.17) is 4.74 Å². The SMILES string of the molecule is CSc1nc(-c2ccc(Oc3ccc([N+](=O)[O-])cc3[N+](=O)[O-])cc2)c(C#N)c(=O)[nH]1. The molecule has 0 aliphatic carbocycles. The summed E-state index contributed by atoms with van der Waals surface area (Å²) in [6.07, 6.45) is 1.72. The molecule has 0 saturated heterocycles. The van der Waals surface area contributed by atoms with Crippen LogP contribution in [0.3, 0.4) is 0 Å². The molecule has 0 saturated carbocycles. The summed E-state index contributed by atoms with van der Waals surface area (Å²) in [6, 6.07) is 10.9. The molecule has 0 radical (unpaired) electrons. The number of nitrogens with zero attached hydrogens (tertiary/aromatic N) is 4. The van der Waals surface area contributed by atoms with E-state index in [9.17, 15) is 30.3 Å². The predicted molar refractivity (Wildman–Crippen MR) is 107 cm³/mol. The van der Waals surface area contributed by atoms with Crippen molar-refractivity contribution in [2.75, 3.05) is 6.26 Å². The molecule has 12 heteroatoms. The van der Waals surface area contributed by atoms with Crippen molar-refractivity contribution >= 4 is 23.1 Å². The van der Waals surface area contributed by atoms with Gasteiger partial charge in [-0.05, 0) is 36.6 Å². The van der Waals surface area contributed by atoms with Crippen molar-refractivity contribution in [2.24, 2.45) is 0 Å². The van der Waals surface area contributed by atoms with Gasteiger partial charge in [-0.1, -0.05) is 11.8 Å². The molecule has 1 N–H and O–H groups in total. The van der Waals surface area contributed by atoms with Crippen molar-refractivity contribution in [3.63, 3.8) is 0 Å². The molecule has 150 valence electrons. The van der Waals surface area contributed by atoms with Crippen LogP contribution in [0.1, 0.15) is 5.56 Å². The van der Waals surface area contributed by atoms with Crippen LogP contribution in [0, 0.1) is 31.6 Å². The topological polar surface area (TPSA) is 165 Å². The number of H-pyrrole nitrogens is 1. The van der Waals surface area contributed by atoms with Crippen LogP contribution in [-0.4, -0.2) is 26.1 Å². The number of aromatic nitrogens is 2. The van der Waals surface area contributed by atoms with Crippen molar-refractivity contribution in [3.8, 4) is 28.8 Å². The maximum absolute atomic E-state index is 12.0. The number of hydrogen-bond donors (Lipinski definition) is 1. The molecule has 3 rings (SSSR count). The lowest BCUT2D eigenvalue weighted by Crippen LogP contribution is -2.14. The highest BCUT2D eigenvalue weighted by Crippen LogP contribution is 2.35. The maximum atomic E-state index is 12.0. The highest BCUT2D eigenvalue weighted by molar-refractivity contribution is 7.98. The fourth-order valence-corrected chi connectivity index (χ4v) is 2.90. The summed E-state index contributed by atoms with van der Waals surface area (Å²) in [4.78, 5) is 39.3. The van der Waals surface area contributed by atoms with Gasteiger partial charge in [-0.25, -0.2) is 4.98 Å². The number of thioether (sulfide) groups is 1. The van der Waals surface area contributed by atoms with E-state index in [1.165, 1.54) is 23.9 Å². The molecular formula is C18H11N5O6S. The van der Waals surface area contributed by atoms with Crippen LogP contribution in [-0.2, 0) is 0 Å². The third kappa shape index (κ3) is 4.10. The Morgan fingerprint density at radius 1 is 1.13 bits per heavy atom. The van der Waals surface area contributed by atoms with Gasteiger partial charge in [0.05, 0.1) is 21.6 Å². The average Bonchev–Trinajstić information content (AvgIpc) is 2.73. The van der Waals surface area contributed by atoms with Gasteiger partial charge in [-0.2, -0.15) is 5.26 Å². The Balaban J connectivity index is 1.96. The summed E-state index contributed by atoms with van der Waals surface area (Å²) in [6.45, 7) is 0. The third-order valence-corrected chi connectivity index (χ3v) is 4.49. The Hall–Kier alpha value is -4.24. The number of nitro benzene ring substituents is 2. The average molecular weight is 425 g/mol. The zero-order chi connectivity index (χ0) is 21.8. The summed E-state index contributed by atoms with van der Waals surface area (Å²) in [7, 11) is 0. The number of ether oxygens (including phenoxy) is 1. The van der Waals surface area contributed by atoms with Crippen LogP contribution in [0.25, 0.3) is 11.3 Å². The minimum atomic E-state index is -0.778. The van der Waals surface area contributed by atoms with E-state index in [0.29, 0.717) is 10.7 Å². The highest BCUT2D eigenvalue weighted by atomic mass is 32.2. The molecule has 2 aromatic carbocycles. The Bertz CT molecular complexity index is 1250. The maximum Gasteiger partial charge on any atom is 0.318 e. The van der Waals surface area contributed by atoms with Crippen LogP contribution in [0.4, 0.5) is 11.4 Å². The van der Waals surface area contributed by atoms with Crippen molar-refractivity contribution < 1.29 is 14.6 Å². The van der Waals surface area contributed by atoms with Gasteiger partial charge in [-0.15, -0.1) is 0 Å². The molecule has 0 amide bonds. The molecule has 0 aliphatic heterocycles. The molecule has 30 heavy (non-hydrogen) atoms. The van der Waals surface area contributed by atoms with E-state index < -0.39 is 26.8 Å². The van der Waals surface area contributed by atoms with Gasteiger partial charge in [0.15, 0.2) is 5.16 Å². The lowest BCUT2D eigenvalue weighted by Gasteiger charge is -2.08. The lowest BCUT2D eigenvalue weighted by atomic mass is 10.1. The molecule has 11 nitrogen and oxygen atoms in total. The first kappa shape index (κ1) is 20.5. The normalized spacial score (nSPS) is 10.3. The summed E-state index contributed by atoms with van der Waals surface area (Å²) in [5.41, 5.74) is -1.03. The smallest absolute Gasteiger partial charge is 0.318 e. The summed E-state index contributed by atoms with van der Waals surface area (Å²) in [5.74, 6) is 0.0409. The monoisotopic (exact) mass is 425 g/mol. The highest BCUT2D eigenvalue weighted by Gasteiger charge is 2.21. The third-order valence-electron chi connectivity index (χ3n) is 3.91. The van der Waals surface area contributed by atoms with Crippen molar-refractivity contribution in [3.05, 3.63) is 78.6 Å². The largest absolute Gasteiger partial charge is 0.450 e. The van der Waals surface area contributed by atoms with Crippen LogP contribution in [0.5, 0.6) is 11.5 Å². The molecule has 0 fully saturated rings. The van der Waals surface area contributed by atoms with E-state index >= 15 is 0 Å². The summed E-state index contributed by atoms with van der Waals surface area (Å²) in [5, 5.41) is 31.7. The molecule has 1 aromatic heterocycles. The number of non-ortho nitro benzene ring substituents is 1. The van der Waals surface area contributed by atoms with Crippen LogP contribution in [0.15, 0.2) is 52.4 Å². The number of hydrogen-bond acceptors (Lipinski definition) is 9. The second kappa shape index (κ2) is 8.41. The predicted octanol–water partition coefficient (Wildman–Crippen LogP) is 3.64. The van der Waals surface area contributed by atoms with Gasteiger partial charge >= 0.3 is 5.69 Å². The van der Waals surface area contributed by atoms with E-state index in [0.717, 1.165) is 18.2 Å². The molecular weight excluding hydrogens is 414 g/mol. The molecule has 0 spiro atoms. The number of rotatable bonds is 6.